The molecule has 0 radical (unpaired) electrons. The Hall–Kier alpha value is -1.76. The number of fused-ring (bicyclic) bond motifs is 3. The number of hydrogen-bond donors (Lipinski definition) is 1. The van der Waals surface area contributed by atoms with E-state index < -0.39 is 0 Å². The molecule has 3 atom stereocenters. The van der Waals surface area contributed by atoms with E-state index in [0.717, 1.165) is 61.7 Å². The molecular formula is C27H38ClN3O3. The van der Waals surface area contributed by atoms with Gasteiger partial charge in [0.1, 0.15) is 5.75 Å². The summed E-state index contributed by atoms with van der Waals surface area (Å²) in [5.41, 5.74) is 2.78. The summed E-state index contributed by atoms with van der Waals surface area (Å²) in [6, 6.07) is 3.90. The van der Waals surface area contributed by atoms with Crippen LogP contribution in [-0.4, -0.2) is 61.4 Å². The predicted octanol–water partition coefficient (Wildman–Crippen LogP) is 4.89. The number of methoxy groups -OCH3 is 1. The Morgan fingerprint density at radius 3 is 2.62 bits per heavy atom. The van der Waals surface area contributed by atoms with Crippen molar-refractivity contribution in [2.24, 2.45) is 16.7 Å². The second-order valence-corrected chi connectivity index (χ2v) is 11.8. The lowest BCUT2D eigenvalue weighted by atomic mass is 9.68. The minimum absolute atomic E-state index is 0.0189. The average Bonchev–Trinajstić information content (AvgIpc) is 3.41. The molecule has 2 aromatic rings. The molecule has 2 aliphatic carbocycles. The lowest BCUT2D eigenvalue weighted by Crippen LogP contribution is -2.52. The largest absolute Gasteiger partial charge is 0.495 e. The minimum Gasteiger partial charge on any atom is -0.495 e. The van der Waals surface area contributed by atoms with Crippen molar-refractivity contribution in [2.45, 2.75) is 59.5 Å². The molecule has 6 nitrogen and oxygen atoms in total. The van der Waals surface area contributed by atoms with E-state index >= 15 is 0 Å². The van der Waals surface area contributed by atoms with Crippen molar-refractivity contribution in [3.05, 3.63) is 28.4 Å². The Bertz CT molecular complexity index is 1100. The number of amides is 1. The molecule has 1 N–H and O–H groups in total. The van der Waals surface area contributed by atoms with Crippen LogP contribution in [-0.2, 0) is 11.3 Å². The Balaban J connectivity index is 1.53. The van der Waals surface area contributed by atoms with Crippen molar-refractivity contribution >= 4 is 28.4 Å². The lowest BCUT2D eigenvalue weighted by molar-refractivity contribution is 0.0365. The molecule has 1 amide bonds. The van der Waals surface area contributed by atoms with Gasteiger partial charge in [-0.2, -0.15) is 0 Å². The molecule has 2 saturated carbocycles. The van der Waals surface area contributed by atoms with Gasteiger partial charge in [-0.1, -0.05) is 32.4 Å². The summed E-state index contributed by atoms with van der Waals surface area (Å²) in [5, 5.41) is 4.88. The standard InChI is InChI=1S/C27H38ClN3O3/c1-17-21(24(32)29-25-26(2,3)18-8-9-27(25,4)16-18)22-19(28)6-7-20(33-5)23(22)31(17)11-10-30-12-14-34-15-13-30/h6-7,18,25H,8-16H2,1-5H3,(H,29,32)/t18?,25-,27?/m0/s1. The number of carbonyl (C=O) groups is 1. The third-order valence-corrected chi connectivity index (χ3v) is 9.43. The first-order valence-corrected chi connectivity index (χ1v) is 13.0. The smallest absolute Gasteiger partial charge is 0.254 e. The van der Waals surface area contributed by atoms with E-state index in [0.29, 0.717) is 16.5 Å². The number of nitrogens with one attached hydrogen (secondary N) is 1. The second kappa shape index (κ2) is 8.72. The Kier molecular flexibility index (Phi) is 6.14. The summed E-state index contributed by atoms with van der Waals surface area (Å²) in [7, 11) is 1.68. The lowest BCUT2D eigenvalue weighted by Gasteiger charge is -2.43. The summed E-state index contributed by atoms with van der Waals surface area (Å²) in [6.07, 6.45) is 3.64. The van der Waals surface area contributed by atoms with Crippen molar-refractivity contribution in [3.63, 3.8) is 0 Å². The van der Waals surface area contributed by atoms with E-state index in [1.165, 1.54) is 19.3 Å². The van der Waals surface area contributed by atoms with Crippen LogP contribution in [0.4, 0.5) is 0 Å². The van der Waals surface area contributed by atoms with Crippen molar-refractivity contribution < 1.29 is 14.3 Å². The van der Waals surface area contributed by atoms with Crippen LogP contribution < -0.4 is 10.1 Å². The number of carbonyl (C=O) groups excluding carboxylic acids is 1. The molecule has 5 rings (SSSR count). The van der Waals surface area contributed by atoms with Crippen LogP contribution in [0.2, 0.25) is 5.02 Å². The van der Waals surface area contributed by atoms with Crippen LogP contribution in [0.1, 0.15) is 56.1 Å². The fourth-order valence-electron chi connectivity index (χ4n) is 7.19. The van der Waals surface area contributed by atoms with Crippen LogP contribution in [0.5, 0.6) is 5.75 Å². The van der Waals surface area contributed by atoms with Gasteiger partial charge in [0, 0.05) is 43.3 Å². The molecular weight excluding hydrogens is 450 g/mol. The van der Waals surface area contributed by atoms with Crippen LogP contribution >= 0.6 is 11.6 Å². The molecule has 1 aromatic heterocycles. The van der Waals surface area contributed by atoms with Gasteiger partial charge in [0.05, 0.1) is 36.4 Å². The molecule has 3 aliphatic rings. The van der Waals surface area contributed by atoms with Gasteiger partial charge in [-0.25, -0.2) is 0 Å². The summed E-state index contributed by atoms with van der Waals surface area (Å²) in [6.45, 7) is 14.1. The first-order valence-electron chi connectivity index (χ1n) is 12.6. The number of rotatable bonds is 6. The highest BCUT2D eigenvalue weighted by Gasteiger charge is 2.59. The van der Waals surface area contributed by atoms with E-state index in [1.807, 2.05) is 19.1 Å². The van der Waals surface area contributed by atoms with Gasteiger partial charge in [0.25, 0.3) is 5.91 Å². The van der Waals surface area contributed by atoms with Crippen LogP contribution in [0.15, 0.2) is 12.1 Å². The maximum absolute atomic E-state index is 14.0. The van der Waals surface area contributed by atoms with Gasteiger partial charge in [-0.05, 0) is 55.1 Å². The molecule has 2 heterocycles. The monoisotopic (exact) mass is 487 g/mol. The fraction of sp³-hybridized carbons (Fsp3) is 0.667. The second-order valence-electron chi connectivity index (χ2n) is 11.4. The van der Waals surface area contributed by atoms with E-state index in [1.54, 1.807) is 7.11 Å². The number of ether oxygens (including phenoxy) is 2. The molecule has 3 fully saturated rings. The SMILES string of the molecule is COc1ccc(Cl)c2c(C(=O)N[C@@H]3C4(C)CCC(C4)C3(C)C)c(C)n(CCN3CCOCC3)c12. The molecule has 1 aliphatic heterocycles. The summed E-state index contributed by atoms with van der Waals surface area (Å²) < 4.78 is 13.5. The van der Waals surface area contributed by atoms with Crippen molar-refractivity contribution in [3.8, 4) is 5.75 Å². The van der Waals surface area contributed by atoms with Gasteiger partial charge in [-0.15, -0.1) is 0 Å². The quantitative estimate of drug-likeness (QED) is 0.630. The Morgan fingerprint density at radius 1 is 1.24 bits per heavy atom. The first-order chi connectivity index (χ1) is 16.2. The molecule has 7 heteroatoms. The zero-order chi connectivity index (χ0) is 24.3. The highest BCUT2D eigenvalue weighted by Crippen LogP contribution is 2.62. The van der Waals surface area contributed by atoms with Gasteiger partial charge in [-0.3, -0.25) is 9.69 Å². The highest BCUT2D eigenvalue weighted by atomic mass is 35.5. The molecule has 2 unspecified atom stereocenters. The Morgan fingerprint density at radius 2 is 1.97 bits per heavy atom. The third-order valence-electron chi connectivity index (χ3n) is 9.11. The van der Waals surface area contributed by atoms with Crippen molar-refractivity contribution in [2.75, 3.05) is 40.0 Å². The van der Waals surface area contributed by atoms with Crippen molar-refractivity contribution in [1.29, 1.82) is 0 Å². The maximum atomic E-state index is 14.0. The van der Waals surface area contributed by atoms with Crippen LogP contribution in [0, 0.1) is 23.7 Å². The van der Waals surface area contributed by atoms with E-state index in [4.69, 9.17) is 21.1 Å². The molecule has 34 heavy (non-hydrogen) atoms. The maximum Gasteiger partial charge on any atom is 0.254 e. The van der Waals surface area contributed by atoms with Gasteiger partial charge >= 0.3 is 0 Å². The van der Waals surface area contributed by atoms with Gasteiger partial charge in [0.2, 0.25) is 0 Å². The fourth-order valence-corrected chi connectivity index (χ4v) is 7.44. The number of nitrogens with zero attached hydrogens (tertiary/aromatic N) is 2. The molecule has 1 aromatic carbocycles. The summed E-state index contributed by atoms with van der Waals surface area (Å²) >= 11 is 6.76. The number of benzene rings is 1. The van der Waals surface area contributed by atoms with Crippen LogP contribution in [0.25, 0.3) is 10.9 Å². The zero-order valence-electron chi connectivity index (χ0n) is 21.2. The van der Waals surface area contributed by atoms with Gasteiger partial charge in [0.15, 0.2) is 0 Å². The minimum atomic E-state index is -0.0189. The third kappa shape index (κ3) is 3.73. The van der Waals surface area contributed by atoms with E-state index in [2.05, 4.69) is 35.6 Å². The number of halogens is 1. The highest BCUT2D eigenvalue weighted by molar-refractivity contribution is 6.37. The molecule has 0 spiro atoms. The summed E-state index contributed by atoms with van der Waals surface area (Å²) in [5.74, 6) is 1.40. The molecule has 1 saturated heterocycles. The topological polar surface area (TPSA) is 55.7 Å². The Labute approximate surface area is 207 Å². The van der Waals surface area contributed by atoms with E-state index in [9.17, 15) is 4.79 Å². The van der Waals surface area contributed by atoms with Gasteiger partial charge < -0.3 is 19.4 Å². The molecule has 186 valence electrons. The van der Waals surface area contributed by atoms with E-state index in [-0.39, 0.29) is 22.8 Å². The number of hydrogen-bond acceptors (Lipinski definition) is 4. The van der Waals surface area contributed by atoms with Crippen LogP contribution in [0.3, 0.4) is 0 Å². The summed E-state index contributed by atoms with van der Waals surface area (Å²) in [4.78, 5) is 16.4. The molecule has 2 bridgehead atoms. The zero-order valence-corrected chi connectivity index (χ0v) is 21.9. The van der Waals surface area contributed by atoms with Crippen molar-refractivity contribution in [1.82, 2.24) is 14.8 Å². The first kappa shape index (κ1) is 24.0. The number of aromatic nitrogens is 1. The average molecular weight is 488 g/mol. The number of morpholine rings is 1. The predicted molar refractivity (Wildman–Crippen MR) is 136 cm³/mol. The normalized spacial score (nSPS) is 28.5.